The normalized spacial score (nSPS) is 10.4. The number of ether oxygens (including phenoxy) is 1. The van der Waals surface area contributed by atoms with E-state index in [0.29, 0.717) is 0 Å². The second-order valence-corrected chi connectivity index (χ2v) is 4.93. The topological polar surface area (TPSA) is 39.2 Å². The molecule has 18 heavy (non-hydrogen) atoms. The first-order valence-electron chi connectivity index (χ1n) is 5.87. The van der Waals surface area contributed by atoms with Gasteiger partial charge in [-0.3, -0.25) is 9.78 Å². The van der Waals surface area contributed by atoms with Gasteiger partial charge in [0.15, 0.2) is 0 Å². The van der Waals surface area contributed by atoms with E-state index in [4.69, 9.17) is 4.74 Å². The molecular formula is C15H19NO2. The van der Waals surface area contributed by atoms with Crippen LogP contribution in [-0.2, 0) is 9.53 Å². The van der Waals surface area contributed by atoms with Gasteiger partial charge in [-0.15, -0.1) is 0 Å². The molecular weight excluding hydrogens is 226 g/mol. The lowest BCUT2D eigenvalue weighted by atomic mass is 10.2. The van der Waals surface area contributed by atoms with E-state index in [1.807, 2.05) is 51.4 Å². The molecule has 2 aromatic rings. The summed E-state index contributed by atoms with van der Waals surface area (Å²) in [4.78, 5) is 14.3. The minimum atomic E-state index is -0.328. The predicted octanol–water partition coefficient (Wildman–Crippen LogP) is 3.58. The first-order chi connectivity index (χ1) is 8.38. The van der Waals surface area contributed by atoms with Gasteiger partial charge >= 0.3 is 5.97 Å². The summed E-state index contributed by atoms with van der Waals surface area (Å²) < 4.78 is 4.80. The monoisotopic (exact) mass is 245 g/mol. The molecule has 0 spiro atoms. The van der Waals surface area contributed by atoms with Crippen LogP contribution in [0.15, 0.2) is 42.7 Å². The Labute approximate surface area is 108 Å². The molecule has 0 saturated heterocycles. The van der Waals surface area contributed by atoms with E-state index in [2.05, 4.69) is 17.1 Å². The van der Waals surface area contributed by atoms with Crippen LogP contribution in [0.25, 0.3) is 10.8 Å². The van der Waals surface area contributed by atoms with Gasteiger partial charge in [-0.05, 0) is 37.6 Å². The zero-order valence-corrected chi connectivity index (χ0v) is 11.3. The van der Waals surface area contributed by atoms with E-state index >= 15 is 0 Å². The fraction of sp³-hybridized carbons (Fsp3) is 0.333. The average molecular weight is 245 g/mol. The largest absolute Gasteiger partial charge is 0.460 e. The van der Waals surface area contributed by atoms with Gasteiger partial charge in [-0.25, -0.2) is 0 Å². The molecule has 0 atom stereocenters. The molecule has 1 heterocycles. The summed E-state index contributed by atoms with van der Waals surface area (Å²) >= 11 is 0. The zero-order valence-electron chi connectivity index (χ0n) is 11.3. The fourth-order valence-corrected chi connectivity index (χ4v) is 1.46. The molecule has 0 radical (unpaired) electrons. The Morgan fingerprint density at radius 3 is 2.17 bits per heavy atom. The maximum absolute atomic E-state index is 10.2. The van der Waals surface area contributed by atoms with E-state index in [-0.39, 0.29) is 11.6 Å². The second-order valence-electron chi connectivity index (χ2n) is 4.93. The Kier molecular flexibility index (Phi) is 4.84. The van der Waals surface area contributed by atoms with Crippen LogP contribution in [0.4, 0.5) is 0 Å². The Morgan fingerprint density at radius 2 is 1.72 bits per heavy atom. The van der Waals surface area contributed by atoms with Gasteiger partial charge in [-0.1, -0.05) is 24.3 Å². The van der Waals surface area contributed by atoms with Gasteiger partial charge < -0.3 is 4.74 Å². The first-order valence-corrected chi connectivity index (χ1v) is 5.87. The molecule has 0 bridgehead atoms. The molecule has 0 fully saturated rings. The van der Waals surface area contributed by atoms with Crippen LogP contribution >= 0.6 is 0 Å². The number of carbonyl (C=O) groups excluding carboxylic acids is 1. The third-order valence-electron chi connectivity index (χ3n) is 2.00. The van der Waals surface area contributed by atoms with Crippen molar-refractivity contribution < 1.29 is 9.53 Å². The van der Waals surface area contributed by atoms with Crippen molar-refractivity contribution in [3.63, 3.8) is 0 Å². The van der Waals surface area contributed by atoms with Crippen LogP contribution in [0.1, 0.15) is 27.7 Å². The predicted molar refractivity (Wildman–Crippen MR) is 73.3 cm³/mol. The third-order valence-corrected chi connectivity index (χ3v) is 2.00. The molecule has 2 rings (SSSR count). The van der Waals surface area contributed by atoms with E-state index in [1.165, 1.54) is 17.7 Å². The minimum Gasteiger partial charge on any atom is -0.460 e. The van der Waals surface area contributed by atoms with Gasteiger partial charge in [0.1, 0.15) is 5.60 Å². The number of hydrogen-bond donors (Lipinski definition) is 0. The van der Waals surface area contributed by atoms with E-state index < -0.39 is 0 Å². The van der Waals surface area contributed by atoms with Gasteiger partial charge in [0.25, 0.3) is 0 Å². The molecule has 0 aliphatic rings. The van der Waals surface area contributed by atoms with Gasteiger partial charge in [0.2, 0.25) is 0 Å². The lowest BCUT2D eigenvalue weighted by Gasteiger charge is -2.17. The second kappa shape index (κ2) is 6.15. The van der Waals surface area contributed by atoms with Crippen molar-refractivity contribution in [2.24, 2.45) is 0 Å². The van der Waals surface area contributed by atoms with Crippen molar-refractivity contribution in [2.45, 2.75) is 33.3 Å². The number of benzene rings is 1. The molecule has 0 unspecified atom stereocenters. The van der Waals surface area contributed by atoms with Crippen molar-refractivity contribution in [1.82, 2.24) is 4.98 Å². The number of rotatable bonds is 0. The summed E-state index contributed by atoms with van der Waals surface area (Å²) in [7, 11) is 0. The quantitative estimate of drug-likeness (QED) is 0.666. The Hall–Kier alpha value is -1.90. The Balaban J connectivity index is 0.000000187. The maximum atomic E-state index is 10.2. The van der Waals surface area contributed by atoms with E-state index in [1.54, 1.807) is 0 Å². The molecule has 0 amide bonds. The molecule has 3 nitrogen and oxygen atoms in total. The number of carbonyl (C=O) groups is 1. The molecule has 3 heteroatoms. The molecule has 0 aliphatic carbocycles. The highest BCUT2D eigenvalue weighted by Crippen LogP contribution is 2.09. The van der Waals surface area contributed by atoms with Crippen molar-refractivity contribution >= 4 is 16.7 Å². The standard InChI is InChI=1S/C9H7N.C6H12O2/c1-2-4-9-7-10-6-5-8(9)3-1;1-5(7)8-6(2,3)4/h1-7H;1-4H3. The van der Waals surface area contributed by atoms with Crippen molar-refractivity contribution in [2.75, 3.05) is 0 Å². The molecule has 96 valence electrons. The Morgan fingerprint density at radius 1 is 1.11 bits per heavy atom. The average Bonchev–Trinajstić information content (AvgIpc) is 2.27. The van der Waals surface area contributed by atoms with Crippen LogP contribution in [0, 0.1) is 0 Å². The number of nitrogens with zero attached hydrogens (tertiary/aromatic N) is 1. The number of aromatic nitrogens is 1. The molecule has 0 saturated carbocycles. The fourth-order valence-electron chi connectivity index (χ4n) is 1.46. The zero-order chi connectivity index (χ0) is 13.6. The Bertz CT molecular complexity index is 450. The third kappa shape index (κ3) is 5.43. The van der Waals surface area contributed by atoms with Crippen molar-refractivity contribution in [1.29, 1.82) is 0 Å². The number of pyridine rings is 1. The maximum Gasteiger partial charge on any atom is 0.303 e. The lowest BCUT2D eigenvalue weighted by molar-refractivity contribution is -0.151. The van der Waals surface area contributed by atoms with Crippen LogP contribution in [0.3, 0.4) is 0 Å². The molecule has 1 aromatic heterocycles. The summed E-state index contributed by atoms with van der Waals surface area (Å²) in [5.41, 5.74) is -0.328. The SMILES string of the molecule is CC(=O)OC(C)(C)C.c1ccc2cnccc2c1. The van der Waals surface area contributed by atoms with Gasteiger partial charge in [-0.2, -0.15) is 0 Å². The van der Waals surface area contributed by atoms with Gasteiger partial charge in [0, 0.05) is 19.3 Å². The summed E-state index contributed by atoms with van der Waals surface area (Å²) in [5, 5.41) is 2.45. The highest BCUT2D eigenvalue weighted by Gasteiger charge is 2.11. The molecule has 0 N–H and O–H groups in total. The minimum absolute atomic E-state index is 0.225. The summed E-state index contributed by atoms with van der Waals surface area (Å²) in [6.07, 6.45) is 3.68. The number of fused-ring (bicyclic) bond motifs is 1. The van der Waals surface area contributed by atoms with Crippen LogP contribution in [0.5, 0.6) is 0 Å². The van der Waals surface area contributed by atoms with Crippen molar-refractivity contribution in [3.05, 3.63) is 42.7 Å². The number of hydrogen-bond acceptors (Lipinski definition) is 3. The van der Waals surface area contributed by atoms with Crippen LogP contribution in [0.2, 0.25) is 0 Å². The molecule has 1 aromatic carbocycles. The highest BCUT2D eigenvalue weighted by atomic mass is 16.6. The lowest BCUT2D eigenvalue weighted by Crippen LogP contribution is -2.21. The van der Waals surface area contributed by atoms with Crippen molar-refractivity contribution in [3.8, 4) is 0 Å². The van der Waals surface area contributed by atoms with Gasteiger partial charge in [0.05, 0.1) is 0 Å². The number of esters is 1. The van der Waals surface area contributed by atoms with E-state index in [9.17, 15) is 4.79 Å². The summed E-state index contributed by atoms with van der Waals surface area (Å²) in [5.74, 6) is -0.225. The van der Waals surface area contributed by atoms with E-state index in [0.717, 1.165) is 0 Å². The summed E-state index contributed by atoms with van der Waals surface area (Å²) in [6, 6.07) is 10.2. The van der Waals surface area contributed by atoms with Crippen LogP contribution in [-0.4, -0.2) is 16.6 Å². The summed E-state index contributed by atoms with van der Waals surface area (Å²) in [6.45, 7) is 6.93. The first kappa shape index (κ1) is 14.2. The smallest absolute Gasteiger partial charge is 0.303 e. The highest BCUT2D eigenvalue weighted by molar-refractivity contribution is 5.80. The molecule has 0 aliphatic heterocycles. The van der Waals surface area contributed by atoms with Crippen LogP contribution < -0.4 is 0 Å².